The van der Waals surface area contributed by atoms with Crippen LogP contribution in [0.1, 0.15) is 53.0 Å². The van der Waals surface area contributed by atoms with E-state index in [0.717, 1.165) is 69.4 Å². The maximum Gasteiger partial charge on any atom is 0.274 e. The number of aromatic hydroxyl groups is 1. The lowest BCUT2D eigenvalue weighted by atomic mass is 9.90. The van der Waals surface area contributed by atoms with Crippen molar-refractivity contribution in [3.05, 3.63) is 77.1 Å². The van der Waals surface area contributed by atoms with Gasteiger partial charge in [0.25, 0.3) is 5.91 Å². The van der Waals surface area contributed by atoms with Crippen molar-refractivity contribution in [3.8, 4) is 11.4 Å². The molecule has 1 amide bonds. The Balaban J connectivity index is 1.35. The van der Waals surface area contributed by atoms with Crippen molar-refractivity contribution in [2.24, 2.45) is 0 Å². The number of hydrogen-bond donors (Lipinski definition) is 2. The zero-order valence-corrected chi connectivity index (χ0v) is 19.0. The van der Waals surface area contributed by atoms with Crippen LogP contribution < -0.4 is 5.32 Å². The first-order valence-electron chi connectivity index (χ1n) is 12.2. The standard InChI is InChI=1S/C27H32N4O2/c32-23-12-9-20(10-13-23)15-16-28-21-11-14-25-24(19-21)26(27(33)30-17-5-2-6-18-30)29-31(25)22-7-3-1-4-8-22/h1,3-4,7-10,12-13,21,28,32H,2,5-6,11,14-19H2. The molecular formula is C27H32N4O2. The van der Waals surface area contributed by atoms with Crippen molar-refractivity contribution in [3.63, 3.8) is 0 Å². The van der Waals surface area contributed by atoms with Crippen LogP contribution in [0.4, 0.5) is 0 Å². The van der Waals surface area contributed by atoms with E-state index in [1.807, 2.05) is 39.9 Å². The lowest BCUT2D eigenvalue weighted by Crippen LogP contribution is -2.38. The van der Waals surface area contributed by atoms with Crippen LogP contribution in [0.5, 0.6) is 5.75 Å². The lowest BCUT2D eigenvalue weighted by molar-refractivity contribution is 0.0716. The van der Waals surface area contributed by atoms with E-state index in [1.165, 1.54) is 17.7 Å². The highest BCUT2D eigenvalue weighted by atomic mass is 16.3. The smallest absolute Gasteiger partial charge is 0.274 e. The van der Waals surface area contributed by atoms with Crippen LogP contribution in [-0.4, -0.2) is 51.4 Å². The lowest BCUT2D eigenvalue weighted by Gasteiger charge is -2.27. The second kappa shape index (κ2) is 9.79. The van der Waals surface area contributed by atoms with Crippen molar-refractivity contribution in [1.82, 2.24) is 20.0 Å². The average Bonchev–Trinajstić information content (AvgIpc) is 3.25. The Hall–Kier alpha value is -3.12. The highest BCUT2D eigenvalue weighted by Gasteiger charge is 2.31. The number of benzene rings is 2. The van der Waals surface area contributed by atoms with Crippen molar-refractivity contribution >= 4 is 5.91 Å². The number of phenolic OH excluding ortho intramolecular Hbond substituents is 1. The predicted molar refractivity (Wildman–Crippen MR) is 129 cm³/mol. The fraction of sp³-hybridized carbons (Fsp3) is 0.407. The molecule has 1 unspecified atom stereocenters. The SMILES string of the molecule is O=C(c1nn(-c2ccccc2)c2c1CC(NCCc1ccc(O)cc1)CC2)N1CCCCC1. The molecule has 6 nitrogen and oxygen atoms in total. The Labute approximate surface area is 195 Å². The molecule has 2 heterocycles. The van der Waals surface area contributed by atoms with Gasteiger partial charge in [-0.15, -0.1) is 0 Å². The number of phenols is 1. The number of amides is 1. The summed E-state index contributed by atoms with van der Waals surface area (Å²) in [5.41, 5.74) is 5.15. The number of likely N-dealkylation sites (tertiary alicyclic amines) is 1. The zero-order valence-electron chi connectivity index (χ0n) is 19.0. The summed E-state index contributed by atoms with van der Waals surface area (Å²) < 4.78 is 2.00. The number of piperidine rings is 1. The van der Waals surface area contributed by atoms with Gasteiger partial charge in [-0.1, -0.05) is 30.3 Å². The number of hydrogen-bond acceptors (Lipinski definition) is 4. The van der Waals surface area contributed by atoms with E-state index >= 15 is 0 Å². The first-order chi connectivity index (χ1) is 16.2. The zero-order chi connectivity index (χ0) is 22.6. The fourth-order valence-electron chi connectivity index (χ4n) is 5.07. The second-order valence-corrected chi connectivity index (χ2v) is 9.18. The molecule has 6 heteroatoms. The molecule has 2 aromatic carbocycles. The molecule has 1 aliphatic carbocycles. The fourth-order valence-corrected chi connectivity index (χ4v) is 5.07. The summed E-state index contributed by atoms with van der Waals surface area (Å²) in [4.78, 5) is 15.4. The Kier molecular flexibility index (Phi) is 6.44. The molecular weight excluding hydrogens is 412 g/mol. The Bertz CT molecular complexity index is 1090. The number of para-hydroxylation sites is 1. The van der Waals surface area contributed by atoms with Crippen LogP contribution >= 0.6 is 0 Å². The van der Waals surface area contributed by atoms with E-state index in [1.54, 1.807) is 12.1 Å². The summed E-state index contributed by atoms with van der Waals surface area (Å²) in [7, 11) is 0. The van der Waals surface area contributed by atoms with Crippen LogP contribution in [0.25, 0.3) is 5.69 Å². The Morgan fingerprint density at radius 3 is 2.55 bits per heavy atom. The summed E-state index contributed by atoms with van der Waals surface area (Å²) >= 11 is 0. The van der Waals surface area contributed by atoms with Crippen molar-refractivity contribution in [1.29, 1.82) is 0 Å². The number of rotatable bonds is 6. The molecule has 2 N–H and O–H groups in total. The summed E-state index contributed by atoms with van der Waals surface area (Å²) in [5.74, 6) is 0.387. The third-order valence-electron chi connectivity index (χ3n) is 6.90. The maximum atomic E-state index is 13.5. The molecule has 1 saturated heterocycles. The van der Waals surface area contributed by atoms with Crippen molar-refractivity contribution in [2.75, 3.05) is 19.6 Å². The number of nitrogens with zero attached hydrogens (tertiary/aromatic N) is 3. The van der Waals surface area contributed by atoms with E-state index in [-0.39, 0.29) is 5.91 Å². The first-order valence-corrected chi connectivity index (χ1v) is 12.2. The van der Waals surface area contributed by atoms with E-state index in [4.69, 9.17) is 5.10 Å². The molecule has 0 bridgehead atoms. The molecule has 0 radical (unpaired) electrons. The van der Waals surface area contributed by atoms with Gasteiger partial charge in [0.1, 0.15) is 5.75 Å². The van der Waals surface area contributed by atoms with Crippen molar-refractivity contribution < 1.29 is 9.90 Å². The van der Waals surface area contributed by atoms with Crippen LogP contribution in [0.15, 0.2) is 54.6 Å². The monoisotopic (exact) mass is 444 g/mol. The van der Waals surface area contributed by atoms with Gasteiger partial charge in [-0.25, -0.2) is 4.68 Å². The summed E-state index contributed by atoms with van der Waals surface area (Å²) in [6, 6.07) is 17.9. The molecule has 2 aliphatic rings. The largest absolute Gasteiger partial charge is 0.508 e. The van der Waals surface area contributed by atoms with Gasteiger partial charge in [0.2, 0.25) is 0 Å². The maximum absolute atomic E-state index is 13.5. The number of carbonyl (C=O) groups is 1. The quantitative estimate of drug-likeness (QED) is 0.605. The minimum Gasteiger partial charge on any atom is -0.508 e. The highest BCUT2D eigenvalue weighted by molar-refractivity contribution is 5.94. The number of aromatic nitrogens is 2. The first kappa shape index (κ1) is 21.7. The molecule has 1 aliphatic heterocycles. The van der Waals surface area contributed by atoms with Crippen LogP contribution in [-0.2, 0) is 19.3 Å². The number of nitrogens with one attached hydrogen (secondary N) is 1. The van der Waals surface area contributed by atoms with Gasteiger partial charge in [0.05, 0.1) is 5.69 Å². The normalized spacial score (nSPS) is 18.2. The predicted octanol–water partition coefficient (Wildman–Crippen LogP) is 3.89. The van der Waals surface area contributed by atoms with Crippen LogP contribution in [0.2, 0.25) is 0 Å². The Morgan fingerprint density at radius 1 is 1.03 bits per heavy atom. The van der Waals surface area contributed by atoms with E-state index < -0.39 is 0 Å². The molecule has 0 saturated carbocycles. The van der Waals surface area contributed by atoms with Crippen LogP contribution in [0, 0.1) is 0 Å². The van der Waals surface area contributed by atoms with Gasteiger partial charge in [0, 0.05) is 30.4 Å². The topological polar surface area (TPSA) is 70.4 Å². The minimum absolute atomic E-state index is 0.0883. The molecule has 3 aromatic rings. The molecule has 0 spiro atoms. The second-order valence-electron chi connectivity index (χ2n) is 9.18. The molecule has 1 fully saturated rings. The van der Waals surface area contributed by atoms with Gasteiger partial charge in [-0.05, 0) is 81.3 Å². The summed E-state index contributed by atoms with van der Waals surface area (Å²) in [6.45, 7) is 2.53. The van der Waals surface area contributed by atoms with E-state index in [9.17, 15) is 9.90 Å². The third kappa shape index (κ3) is 4.81. The Morgan fingerprint density at radius 2 is 1.79 bits per heavy atom. The molecule has 5 rings (SSSR count). The van der Waals surface area contributed by atoms with Gasteiger partial charge in [-0.3, -0.25) is 4.79 Å². The molecule has 33 heavy (non-hydrogen) atoms. The van der Waals surface area contributed by atoms with Crippen molar-refractivity contribution in [2.45, 2.75) is 51.0 Å². The number of fused-ring (bicyclic) bond motifs is 1. The van der Waals surface area contributed by atoms with Gasteiger partial charge < -0.3 is 15.3 Å². The summed E-state index contributed by atoms with van der Waals surface area (Å²) in [5, 5.41) is 18.1. The van der Waals surface area contributed by atoms with Gasteiger partial charge >= 0.3 is 0 Å². The third-order valence-corrected chi connectivity index (χ3v) is 6.90. The number of carbonyl (C=O) groups excluding carboxylic acids is 1. The van der Waals surface area contributed by atoms with Gasteiger partial charge in [-0.2, -0.15) is 5.10 Å². The minimum atomic E-state index is 0.0883. The average molecular weight is 445 g/mol. The highest BCUT2D eigenvalue weighted by Crippen LogP contribution is 2.29. The van der Waals surface area contributed by atoms with E-state index in [0.29, 0.717) is 17.5 Å². The van der Waals surface area contributed by atoms with Gasteiger partial charge in [0.15, 0.2) is 5.69 Å². The van der Waals surface area contributed by atoms with E-state index in [2.05, 4.69) is 17.4 Å². The van der Waals surface area contributed by atoms with Crippen LogP contribution in [0.3, 0.4) is 0 Å². The molecule has 172 valence electrons. The molecule has 1 atom stereocenters. The molecule has 1 aromatic heterocycles. The summed E-state index contributed by atoms with van der Waals surface area (Å²) in [6.07, 6.45) is 7.02.